The molecule has 6 rings (SSSR count). The van der Waals surface area contributed by atoms with Gasteiger partial charge in [0.15, 0.2) is 9.84 Å². The molecule has 0 bridgehead atoms. The van der Waals surface area contributed by atoms with Gasteiger partial charge in [-0.15, -0.1) is 0 Å². The van der Waals surface area contributed by atoms with Crippen LogP contribution in [-0.2, 0) is 36.5 Å². The molecule has 4 amide bonds. The van der Waals surface area contributed by atoms with Gasteiger partial charge in [0.1, 0.15) is 6.04 Å². The third-order valence-electron chi connectivity index (χ3n) is 10.9. The second-order valence-corrected chi connectivity index (χ2v) is 17.9. The number of nitrogens with zero attached hydrogens (tertiary/aromatic N) is 4. The molecule has 3 atom stereocenters. The predicted octanol–water partition coefficient (Wildman–Crippen LogP) is 2.50. The molecule has 1 aliphatic carbocycles. The molecule has 2 aromatic carbocycles. The Morgan fingerprint density at radius 3 is 2.08 bits per heavy atom. The zero-order valence-corrected chi connectivity index (χ0v) is 30.1. The largest absolute Gasteiger partial charge is 0.357 e. The van der Waals surface area contributed by atoms with Crippen LogP contribution in [0.25, 0.3) is 0 Å². The number of hydrogen-bond donors (Lipinski definition) is 2. The molecule has 13 heteroatoms. The lowest BCUT2D eigenvalue weighted by Crippen LogP contribution is -2.66. The van der Waals surface area contributed by atoms with Crippen LogP contribution in [0.15, 0.2) is 73.1 Å². The van der Waals surface area contributed by atoms with Crippen molar-refractivity contribution < 1.29 is 27.6 Å². The van der Waals surface area contributed by atoms with Crippen LogP contribution in [0.4, 0.5) is 0 Å². The van der Waals surface area contributed by atoms with E-state index >= 15 is 0 Å². The molecule has 3 heterocycles. The first-order valence-electron chi connectivity index (χ1n) is 17.0. The monoisotopic (exact) mass is 702 g/mol. The number of carbonyl (C=O) groups is 4. The Morgan fingerprint density at radius 2 is 1.50 bits per heavy atom. The maximum Gasteiger partial charge on any atom is 0.257 e. The molecule has 266 valence electrons. The van der Waals surface area contributed by atoms with E-state index in [-0.39, 0.29) is 55.1 Å². The Kier molecular flexibility index (Phi) is 9.17. The van der Waals surface area contributed by atoms with E-state index in [1.807, 2.05) is 30.3 Å². The average Bonchev–Trinajstić information content (AvgIpc) is 3.37. The van der Waals surface area contributed by atoms with Gasteiger partial charge < -0.3 is 20.4 Å². The van der Waals surface area contributed by atoms with Crippen molar-refractivity contribution in [1.82, 2.24) is 30.2 Å². The summed E-state index contributed by atoms with van der Waals surface area (Å²) in [7, 11) is -2.58. The van der Waals surface area contributed by atoms with Crippen LogP contribution in [0, 0.1) is 22.7 Å². The van der Waals surface area contributed by atoms with Crippen molar-refractivity contribution >= 4 is 33.5 Å². The molecule has 0 radical (unpaired) electrons. The van der Waals surface area contributed by atoms with Gasteiger partial charge in [0, 0.05) is 50.8 Å². The smallest absolute Gasteiger partial charge is 0.257 e. The van der Waals surface area contributed by atoms with E-state index in [1.54, 1.807) is 51.0 Å². The van der Waals surface area contributed by atoms with Crippen molar-refractivity contribution in [2.45, 2.75) is 57.2 Å². The maximum atomic E-state index is 14.3. The van der Waals surface area contributed by atoms with Crippen molar-refractivity contribution in [3.05, 3.63) is 89.7 Å². The van der Waals surface area contributed by atoms with Crippen LogP contribution in [0.2, 0.25) is 0 Å². The quantitative estimate of drug-likeness (QED) is 0.312. The number of hydrogen-bond acceptors (Lipinski definition) is 7. The fourth-order valence-electron chi connectivity index (χ4n) is 7.40. The van der Waals surface area contributed by atoms with Gasteiger partial charge in [-0.1, -0.05) is 74.5 Å². The molecule has 1 saturated carbocycles. The molecule has 2 N–H and O–H groups in total. The number of aromatic nitrogens is 2. The fraction of sp³-hybridized carbons (Fsp3) is 0.486. The summed E-state index contributed by atoms with van der Waals surface area (Å²) in [4.78, 5) is 58.2. The van der Waals surface area contributed by atoms with Crippen LogP contribution in [0.5, 0.6) is 0 Å². The molecule has 3 aromatic rings. The standard InChI is InChI=1S/C37H46N6O6S/c1-35(2)16-28(35)34(47)42-23-37(24-42)22-41(33(46)27-17-39-43(19-27)18-25-12-8-6-9-13-25)20-29(37)31(44)40-30(32(45)38-5)36(3,4)50(48,49)21-26-14-10-7-11-15-26/h6-15,17,19,28-30H,16,18,20-24H2,1-5H3,(H,38,45)(H,40,44)/t28-,29?,30?/m1/s1. The molecular weight excluding hydrogens is 657 g/mol. The lowest BCUT2D eigenvalue weighted by Gasteiger charge is -2.50. The molecule has 2 saturated heterocycles. The zero-order valence-electron chi connectivity index (χ0n) is 29.3. The van der Waals surface area contributed by atoms with Crippen LogP contribution in [0.1, 0.15) is 55.6 Å². The predicted molar refractivity (Wildman–Crippen MR) is 187 cm³/mol. The first kappa shape index (κ1) is 35.3. The van der Waals surface area contributed by atoms with Crippen molar-refractivity contribution in [1.29, 1.82) is 0 Å². The summed E-state index contributed by atoms with van der Waals surface area (Å²) >= 11 is 0. The third kappa shape index (κ3) is 6.67. The second kappa shape index (κ2) is 13.0. The summed E-state index contributed by atoms with van der Waals surface area (Å²) in [5, 5.41) is 9.71. The van der Waals surface area contributed by atoms with Gasteiger partial charge in [-0.25, -0.2) is 8.42 Å². The van der Waals surface area contributed by atoms with E-state index in [9.17, 15) is 27.6 Å². The van der Waals surface area contributed by atoms with Gasteiger partial charge in [0.05, 0.1) is 34.7 Å². The molecule has 2 unspecified atom stereocenters. The number of likely N-dealkylation sites (N-methyl/N-ethyl adjacent to an activating group) is 1. The van der Waals surface area contributed by atoms with Gasteiger partial charge in [-0.05, 0) is 36.8 Å². The van der Waals surface area contributed by atoms with Crippen molar-refractivity contribution in [2.75, 3.05) is 33.2 Å². The molecule has 12 nitrogen and oxygen atoms in total. The van der Waals surface area contributed by atoms with Gasteiger partial charge in [0.2, 0.25) is 17.7 Å². The highest BCUT2D eigenvalue weighted by molar-refractivity contribution is 7.92. The minimum atomic E-state index is -3.97. The first-order valence-corrected chi connectivity index (χ1v) is 18.6. The fourth-order valence-corrected chi connectivity index (χ4v) is 8.93. The topological polar surface area (TPSA) is 151 Å². The summed E-state index contributed by atoms with van der Waals surface area (Å²) in [5.41, 5.74) is 1.15. The van der Waals surface area contributed by atoms with E-state index in [4.69, 9.17) is 0 Å². The summed E-state index contributed by atoms with van der Waals surface area (Å²) in [6.07, 6.45) is 4.00. The second-order valence-electron chi connectivity index (χ2n) is 15.4. The molecule has 3 aliphatic rings. The van der Waals surface area contributed by atoms with Gasteiger partial charge in [-0.3, -0.25) is 23.9 Å². The van der Waals surface area contributed by atoms with Crippen LogP contribution in [0.3, 0.4) is 0 Å². The van der Waals surface area contributed by atoms with Crippen LogP contribution in [-0.4, -0.2) is 95.6 Å². The summed E-state index contributed by atoms with van der Waals surface area (Å²) in [6, 6.07) is 17.0. The van der Waals surface area contributed by atoms with E-state index in [0.717, 1.165) is 12.0 Å². The Morgan fingerprint density at radius 1 is 0.920 bits per heavy atom. The number of amides is 4. The molecule has 1 spiro atoms. The van der Waals surface area contributed by atoms with Crippen LogP contribution >= 0.6 is 0 Å². The lowest BCUT2D eigenvalue weighted by molar-refractivity contribution is -0.152. The summed E-state index contributed by atoms with van der Waals surface area (Å²) in [5.74, 6) is -2.60. The van der Waals surface area contributed by atoms with Gasteiger partial charge in [0.25, 0.3) is 5.91 Å². The summed E-state index contributed by atoms with van der Waals surface area (Å²) < 4.78 is 27.6. The normalized spacial score (nSPS) is 21.3. The maximum absolute atomic E-state index is 14.3. The van der Waals surface area contributed by atoms with Crippen molar-refractivity contribution in [3.8, 4) is 0 Å². The number of carbonyl (C=O) groups excluding carboxylic acids is 4. The Hall–Kier alpha value is -4.52. The number of rotatable bonds is 11. The van der Waals surface area contributed by atoms with Gasteiger partial charge >= 0.3 is 0 Å². The van der Waals surface area contributed by atoms with Crippen molar-refractivity contribution in [2.24, 2.45) is 22.7 Å². The highest BCUT2D eigenvalue weighted by atomic mass is 32.2. The summed E-state index contributed by atoms with van der Waals surface area (Å²) in [6.45, 7) is 8.34. The van der Waals surface area contributed by atoms with E-state index < -0.39 is 43.8 Å². The van der Waals surface area contributed by atoms with E-state index in [1.165, 1.54) is 27.1 Å². The number of likely N-dealkylation sites (tertiary alicyclic amines) is 2. The Bertz CT molecular complexity index is 1880. The minimum Gasteiger partial charge on any atom is -0.357 e. The molecule has 2 aliphatic heterocycles. The highest BCUT2D eigenvalue weighted by Crippen LogP contribution is 2.54. The van der Waals surface area contributed by atoms with Gasteiger partial charge in [-0.2, -0.15) is 5.10 Å². The number of benzene rings is 2. The van der Waals surface area contributed by atoms with Crippen LogP contribution < -0.4 is 10.6 Å². The molecule has 1 aromatic heterocycles. The van der Waals surface area contributed by atoms with Crippen molar-refractivity contribution in [3.63, 3.8) is 0 Å². The Balaban J connectivity index is 1.24. The molecule has 50 heavy (non-hydrogen) atoms. The third-order valence-corrected chi connectivity index (χ3v) is 13.5. The lowest BCUT2D eigenvalue weighted by atomic mass is 9.70. The minimum absolute atomic E-state index is 0.0446. The first-order chi connectivity index (χ1) is 23.6. The highest BCUT2D eigenvalue weighted by Gasteiger charge is 2.62. The SMILES string of the molecule is CNC(=O)C(NC(=O)C1CN(C(=O)c2cnn(Cc3ccccc3)c2)CC12CN(C(=O)[C@H]1CC1(C)C)C2)C(C)(C)S(=O)(=O)Cc1ccccc1. The molecule has 3 fully saturated rings. The Labute approximate surface area is 293 Å². The van der Waals surface area contributed by atoms with E-state index in [0.29, 0.717) is 17.7 Å². The average molecular weight is 703 g/mol. The number of nitrogens with one attached hydrogen (secondary N) is 2. The zero-order chi connectivity index (χ0) is 36.1. The van der Waals surface area contributed by atoms with E-state index in [2.05, 4.69) is 29.6 Å². The number of sulfone groups is 1. The molecular formula is C37H46N6O6S.